The van der Waals surface area contributed by atoms with E-state index in [9.17, 15) is 9.59 Å². The van der Waals surface area contributed by atoms with Gasteiger partial charge >= 0.3 is 0 Å². The third-order valence-corrected chi connectivity index (χ3v) is 6.24. The van der Waals surface area contributed by atoms with Crippen LogP contribution in [0.5, 0.6) is 23.0 Å². The molecule has 2 amide bonds. The quantitative estimate of drug-likeness (QED) is 0.398. The normalized spacial score (nSPS) is 17.3. The molecule has 0 radical (unpaired) electrons. The van der Waals surface area contributed by atoms with Crippen molar-refractivity contribution in [2.24, 2.45) is 0 Å². The van der Waals surface area contributed by atoms with E-state index in [1.807, 2.05) is 84.9 Å². The number of anilines is 2. The average Bonchev–Trinajstić information content (AvgIpc) is 2.97. The van der Waals surface area contributed by atoms with Gasteiger partial charge in [-0.15, -0.1) is 0 Å². The molecular weight excluding hydrogens is 484 g/mol. The lowest BCUT2D eigenvalue weighted by Crippen LogP contribution is -2.40. The van der Waals surface area contributed by atoms with Crippen LogP contribution in [0.4, 0.5) is 11.4 Å². The number of carbonyl (C=O) groups is 2. The van der Waals surface area contributed by atoms with E-state index >= 15 is 0 Å². The fourth-order valence-corrected chi connectivity index (χ4v) is 4.23. The third-order valence-electron chi connectivity index (χ3n) is 6.24. The smallest absolute Gasteiger partial charge is 0.269 e. The number of carbonyl (C=O) groups excluding carboxylic acids is 2. The van der Waals surface area contributed by atoms with Crippen molar-refractivity contribution in [1.29, 1.82) is 0 Å². The van der Waals surface area contributed by atoms with E-state index in [-0.39, 0.29) is 25.0 Å². The Balaban J connectivity index is 1.04. The maximum atomic E-state index is 12.7. The van der Waals surface area contributed by atoms with Gasteiger partial charge in [-0.2, -0.15) is 0 Å². The summed E-state index contributed by atoms with van der Waals surface area (Å²) in [6, 6.07) is 29.5. The highest BCUT2D eigenvalue weighted by atomic mass is 16.6. The van der Waals surface area contributed by atoms with Crippen molar-refractivity contribution in [3.63, 3.8) is 0 Å². The van der Waals surface area contributed by atoms with Crippen LogP contribution in [0, 0.1) is 0 Å². The summed E-state index contributed by atoms with van der Waals surface area (Å²) in [4.78, 5) is 25.3. The molecule has 2 N–H and O–H groups in total. The molecule has 8 heteroatoms. The number of rotatable bonds is 5. The van der Waals surface area contributed by atoms with E-state index in [1.165, 1.54) is 0 Å². The number of hydrogen-bond donors (Lipinski definition) is 2. The number of nitrogens with one attached hydrogen (secondary N) is 2. The number of para-hydroxylation sites is 4. The number of ether oxygens (including phenoxy) is 4. The molecule has 0 bridgehead atoms. The molecule has 0 saturated carbocycles. The number of benzene rings is 4. The Kier molecular flexibility index (Phi) is 6.27. The van der Waals surface area contributed by atoms with E-state index < -0.39 is 12.2 Å². The van der Waals surface area contributed by atoms with Crippen molar-refractivity contribution in [3.8, 4) is 34.1 Å². The predicted octanol–water partition coefficient (Wildman–Crippen LogP) is 4.91. The molecule has 6 rings (SSSR count). The van der Waals surface area contributed by atoms with Gasteiger partial charge in [0.2, 0.25) is 12.2 Å². The topological polar surface area (TPSA) is 95.1 Å². The second-order valence-electron chi connectivity index (χ2n) is 8.86. The summed E-state index contributed by atoms with van der Waals surface area (Å²) in [6.45, 7) is 0.300. The van der Waals surface area contributed by atoms with Gasteiger partial charge in [-0.3, -0.25) is 9.59 Å². The van der Waals surface area contributed by atoms with Gasteiger partial charge in [0.25, 0.3) is 11.8 Å². The summed E-state index contributed by atoms with van der Waals surface area (Å²) < 4.78 is 22.8. The summed E-state index contributed by atoms with van der Waals surface area (Å²) >= 11 is 0. The summed E-state index contributed by atoms with van der Waals surface area (Å²) in [6.07, 6.45) is -1.46. The molecule has 2 unspecified atom stereocenters. The van der Waals surface area contributed by atoms with Crippen LogP contribution in [0.25, 0.3) is 11.1 Å². The molecule has 4 aromatic rings. The van der Waals surface area contributed by atoms with Gasteiger partial charge in [0, 0.05) is 11.4 Å². The summed E-state index contributed by atoms with van der Waals surface area (Å²) in [5.74, 6) is 1.83. The Bertz CT molecular complexity index is 1360. The molecule has 38 heavy (non-hydrogen) atoms. The second kappa shape index (κ2) is 10.2. The molecule has 4 aromatic carbocycles. The maximum Gasteiger partial charge on any atom is 0.269 e. The Hall–Kier alpha value is -4.98. The molecule has 2 aliphatic rings. The fraction of sp³-hybridized carbons (Fsp3) is 0.133. The first-order chi connectivity index (χ1) is 18.6. The molecule has 0 aliphatic carbocycles. The van der Waals surface area contributed by atoms with Gasteiger partial charge in [-0.1, -0.05) is 48.5 Å². The zero-order valence-corrected chi connectivity index (χ0v) is 20.3. The van der Waals surface area contributed by atoms with Crippen LogP contribution >= 0.6 is 0 Å². The van der Waals surface area contributed by atoms with E-state index in [0.717, 1.165) is 11.1 Å². The zero-order chi connectivity index (χ0) is 25.9. The van der Waals surface area contributed by atoms with Crippen LogP contribution in [0.1, 0.15) is 0 Å². The molecule has 8 nitrogen and oxygen atoms in total. The lowest BCUT2D eigenvalue weighted by molar-refractivity contribution is -0.125. The Labute approximate surface area is 219 Å². The molecule has 0 aromatic heterocycles. The standard InChI is InChI=1S/C30H24N2O6/c33-29(27-17-35-23-5-1-3-7-25(23)37-27)31-21-13-9-19(10-14-21)20-11-15-22(16-12-20)32-30(34)28-18-36-24-6-2-4-8-26(24)38-28/h1-16,27-28H,17-18H2,(H,31,33)(H,32,34). The highest BCUT2D eigenvalue weighted by Gasteiger charge is 2.28. The highest BCUT2D eigenvalue weighted by molar-refractivity contribution is 5.96. The van der Waals surface area contributed by atoms with Crippen LogP contribution in [0.15, 0.2) is 97.1 Å². The van der Waals surface area contributed by atoms with E-state index in [1.54, 1.807) is 12.1 Å². The van der Waals surface area contributed by atoms with E-state index in [2.05, 4.69) is 10.6 Å². The minimum absolute atomic E-state index is 0.150. The molecule has 0 spiro atoms. The maximum absolute atomic E-state index is 12.7. The SMILES string of the molecule is O=C(Nc1ccc(-c2ccc(NC(=O)C3COc4ccccc4O3)cc2)cc1)C1COc2ccccc2O1. The summed E-state index contributed by atoms with van der Waals surface area (Å²) in [5, 5.41) is 5.75. The lowest BCUT2D eigenvalue weighted by Gasteiger charge is -2.25. The fourth-order valence-electron chi connectivity index (χ4n) is 4.23. The molecule has 0 saturated heterocycles. The van der Waals surface area contributed by atoms with Crippen LogP contribution < -0.4 is 29.6 Å². The first-order valence-corrected chi connectivity index (χ1v) is 12.2. The van der Waals surface area contributed by atoms with Crippen LogP contribution in [-0.2, 0) is 9.59 Å². The van der Waals surface area contributed by atoms with Gasteiger partial charge in [0.05, 0.1) is 0 Å². The highest BCUT2D eigenvalue weighted by Crippen LogP contribution is 2.32. The summed E-state index contributed by atoms with van der Waals surface area (Å²) in [7, 11) is 0. The van der Waals surface area contributed by atoms with Crippen molar-refractivity contribution in [2.75, 3.05) is 23.8 Å². The van der Waals surface area contributed by atoms with Crippen molar-refractivity contribution >= 4 is 23.2 Å². The second-order valence-corrected chi connectivity index (χ2v) is 8.86. The van der Waals surface area contributed by atoms with E-state index in [4.69, 9.17) is 18.9 Å². The molecular formula is C30H24N2O6. The zero-order valence-electron chi connectivity index (χ0n) is 20.3. The molecule has 190 valence electrons. The minimum atomic E-state index is -0.729. The first-order valence-electron chi connectivity index (χ1n) is 12.2. The van der Waals surface area contributed by atoms with Gasteiger partial charge in [0.1, 0.15) is 13.2 Å². The predicted molar refractivity (Wildman–Crippen MR) is 142 cm³/mol. The number of hydrogen-bond acceptors (Lipinski definition) is 6. The van der Waals surface area contributed by atoms with Crippen LogP contribution in [-0.4, -0.2) is 37.2 Å². The monoisotopic (exact) mass is 508 g/mol. The van der Waals surface area contributed by atoms with Gasteiger partial charge in [-0.25, -0.2) is 0 Å². The van der Waals surface area contributed by atoms with Crippen LogP contribution in [0.2, 0.25) is 0 Å². The lowest BCUT2D eigenvalue weighted by atomic mass is 10.0. The Morgan fingerprint density at radius 2 is 0.895 bits per heavy atom. The largest absolute Gasteiger partial charge is 0.485 e. The summed E-state index contributed by atoms with van der Waals surface area (Å²) in [5.41, 5.74) is 3.24. The third kappa shape index (κ3) is 4.97. The van der Waals surface area contributed by atoms with Gasteiger partial charge in [-0.05, 0) is 59.7 Å². The van der Waals surface area contributed by atoms with Gasteiger partial charge < -0.3 is 29.6 Å². The Morgan fingerprint density at radius 1 is 0.526 bits per heavy atom. The average molecular weight is 509 g/mol. The molecule has 0 fully saturated rings. The molecule has 2 aliphatic heterocycles. The van der Waals surface area contributed by atoms with Gasteiger partial charge in [0.15, 0.2) is 23.0 Å². The van der Waals surface area contributed by atoms with E-state index in [0.29, 0.717) is 34.4 Å². The number of fused-ring (bicyclic) bond motifs is 2. The number of amides is 2. The minimum Gasteiger partial charge on any atom is -0.485 e. The van der Waals surface area contributed by atoms with Crippen LogP contribution in [0.3, 0.4) is 0 Å². The molecule has 2 heterocycles. The van der Waals surface area contributed by atoms with Crippen molar-refractivity contribution in [2.45, 2.75) is 12.2 Å². The van der Waals surface area contributed by atoms with Crippen molar-refractivity contribution in [3.05, 3.63) is 97.1 Å². The van der Waals surface area contributed by atoms with Crippen molar-refractivity contribution in [1.82, 2.24) is 0 Å². The first kappa shape index (κ1) is 23.4. The Morgan fingerprint density at radius 3 is 1.29 bits per heavy atom. The molecule has 2 atom stereocenters. The van der Waals surface area contributed by atoms with Crippen molar-refractivity contribution < 1.29 is 28.5 Å².